The number of carbonyl (C=O) groups excluding carboxylic acids is 2. The van der Waals surface area contributed by atoms with E-state index in [1.165, 1.54) is 0 Å². The molecule has 0 N–H and O–H groups in total. The van der Waals surface area contributed by atoms with Gasteiger partial charge in [0.05, 0.1) is 39.1 Å². The number of carbonyl (C=O) groups is 2. The first kappa shape index (κ1) is 37.1. The molecule has 8 nitrogen and oxygen atoms in total. The quantitative estimate of drug-likeness (QED) is 0.0842. The summed E-state index contributed by atoms with van der Waals surface area (Å²) in [6.45, 7) is 6.74. The first-order chi connectivity index (χ1) is 24.2. The number of ketones is 1. The second-order valence-corrected chi connectivity index (χ2v) is 13.5. The van der Waals surface area contributed by atoms with Crippen molar-refractivity contribution in [1.82, 2.24) is 0 Å². The van der Waals surface area contributed by atoms with E-state index >= 15 is 0 Å². The summed E-state index contributed by atoms with van der Waals surface area (Å²) in [5.41, 5.74) is 3.26. The largest absolute Gasteiger partial charge is 0.460 e. The van der Waals surface area contributed by atoms with Crippen LogP contribution in [-0.4, -0.2) is 54.5 Å². The lowest BCUT2D eigenvalue weighted by molar-refractivity contribution is -0.272. The van der Waals surface area contributed by atoms with E-state index in [2.05, 4.69) is 0 Å². The van der Waals surface area contributed by atoms with Crippen LogP contribution in [0.25, 0.3) is 0 Å². The van der Waals surface area contributed by atoms with Crippen LogP contribution in [0.3, 0.4) is 0 Å². The normalized spacial score (nSPS) is 20.7. The molecule has 1 aliphatic heterocycles. The summed E-state index contributed by atoms with van der Waals surface area (Å²) in [6.07, 6.45) is -3.80. The van der Waals surface area contributed by atoms with E-state index in [9.17, 15) is 9.59 Å². The summed E-state index contributed by atoms with van der Waals surface area (Å²) in [7, 11) is 0. The number of Topliss-reactive ketones (excluding diaryl/α,β-unsaturated/α-hetero) is 1. The van der Waals surface area contributed by atoms with Crippen LogP contribution in [-0.2, 0) is 64.4 Å². The molecular formula is C42H48O8. The van der Waals surface area contributed by atoms with Crippen LogP contribution in [0.5, 0.6) is 0 Å². The Kier molecular flexibility index (Phi) is 13.9. The van der Waals surface area contributed by atoms with E-state index in [-0.39, 0.29) is 38.4 Å². The Hall–Kier alpha value is -4.18. The number of rotatable bonds is 17. The molecule has 0 aromatic heterocycles. The van der Waals surface area contributed by atoms with E-state index in [0.717, 1.165) is 22.3 Å². The monoisotopic (exact) mass is 680 g/mol. The van der Waals surface area contributed by atoms with Crippen molar-refractivity contribution in [3.05, 3.63) is 144 Å². The van der Waals surface area contributed by atoms with Crippen molar-refractivity contribution < 1.29 is 38.0 Å². The van der Waals surface area contributed by atoms with Gasteiger partial charge >= 0.3 is 5.97 Å². The van der Waals surface area contributed by atoms with Gasteiger partial charge in [0.15, 0.2) is 0 Å². The first-order valence-electron chi connectivity index (χ1n) is 17.2. The molecule has 1 heterocycles. The number of ether oxygens (including phenoxy) is 6. The SMILES string of the molecule is CC(C)(C)OC(=O)CC(=O)C[C@@H]1O[C@H](COCc2ccccc2)[C@H](OCc2ccccc2)[C@H](OCc2ccccc2)[C@H]1OCc1ccccc1. The van der Waals surface area contributed by atoms with Gasteiger partial charge in [-0.3, -0.25) is 9.59 Å². The minimum atomic E-state index is -0.753. The Balaban J connectivity index is 1.45. The number of hydrogen-bond donors (Lipinski definition) is 0. The first-order valence-corrected chi connectivity index (χ1v) is 17.2. The molecule has 0 unspecified atom stereocenters. The van der Waals surface area contributed by atoms with Gasteiger partial charge in [0.2, 0.25) is 0 Å². The van der Waals surface area contributed by atoms with Crippen molar-refractivity contribution >= 4 is 11.8 Å². The van der Waals surface area contributed by atoms with Crippen molar-refractivity contribution in [3.63, 3.8) is 0 Å². The second-order valence-electron chi connectivity index (χ2n) is 13.5. The zero-order chi connectivity index (χ0) is 35.2. The smallest absolute Gasteiger partial charge is 0.313 e. The molecule has 4 aromatic rings. The summed E-state index contributed by atoms with van der Waals surface area (Å²) in [5, 5.41) is 0. The molecule has 5 atom stereocenters. The molecule has 1 aliphatic rings. The van der Waals surface area contributed by atoms with Crippen LogP contribution in [0, 0.1) is 0 Å². The lowest BCUT2D eigenvalue weighted by Crippen LogP contribution is -2.61. The zero-order valence-electron chi connectivity index (χ0n) is 29.1. The zero-order valence-corrected chi connectivity index (χ0v) is 29.1. The summed E-state index contributed by atoms with van der Waals surface area (Å²) >= 11 is 0. The van der Waals surface area contributed by atoms with Crippen molar-refractivity contribution in [2.24, 2.45) is 0 Å². The second kappa shape index (κ2) is 18.7. The standard InChI is InChI=1S/C42H48O8/c1-42(2,3)50-38(44)25-35(43)24-36-39(46-27-32-18-10-5-11-19-32)41(48-29-34-22-14-7-15-23-34)40(47-28-33-20-12-6-13-21-33)37(49-36)30-45-26-31-16-8-4-9-17-31/h4-23,36-37,39-41H,24-30H2,1-3H3/t36-,37+,39-,40-,41+/m0/s1. The Morgan fingerprint density at radius 2 is 0.960 bits per heavy atom. The van der Waals surface area contributed by atoms with Gasteiger partial charge in [-0.25, -0.2) is 0 Å². The maximum absolute atomic E-state index is 13.5. The number of hydrogen-bond acceptors (Lipinski definition) is 8. The van der Waals surface area contributed by atoms with Gasteiger partial charge in [0.1, 0.15) is 42.2 Å². The Bertz CT molecular complexity index is 1570. The van der Waals surface area contributed by atoms with E-state index in [1.54, 1.807) is 20.8 Å². The molecule has 0 spiro atoms. The van der Waals surface area contributed by atoms with Crippen LogP contribution in [0.2, 0.25) is 0 Å². The number of esters is 1. The third-order valence-corrected chi connectivity index (χ3v) is 8.17. The fourth-order valence-corrected chi connectivity index (χ4v) is 5.88. The molecular weight excluding hydrogens is 632 g/mol. The van der Waals surface area contributed by atoms with Crippen LogP contribution in [0.15, 0.2) is 121 Å². The molecule has 50 heavy (non-hydrogen) atoms. The van der Waals surface area contributed by atoms with E-state index in [0.29, 0.717) is 13.2 Å². The van der Waals surface area contributed by atoms with Gasteiger partial charge in [-0.1, -0.05) is 121 Å². The molecule has 0 amide bonds. The molecule has 8 heteroatoms. The Morgan fingerprint density at radius 3 is 1.40 bits per heavy atom. The van der Waals surface area contributed by atoms with Crippen molar-refractivity contribution in [2.75, 3.05) is 6.61 Å². The van der Waals surface area contributed by atoms with Crippen LogP contribution >= 0.6 is 0 Å². The highest BCUT2D eigenvalue weighted by Gasteiger charge is 2.49. The summed E-state index contributed by atoms with van der Waals surface area (Å²) in [6, 6.07) is 39.5. The van der Waals surface area contributed by atoms with Crippen LogP contribution < -0.4 is 0 Å². The average Bonchev–Trinajstić information content (AvgIpc) is 3.10. The maximum atomic E-state index is 13.5. The van der Waals surface area contributed by atoms with Gasteiger partial charge in [-0.15, -0.1) is 0 Å². The lowest BCUT2D eigenvalue weighted by atomic mass is 9.91. The number of benzene rings is 4. The highest BCUT2D eigenvalue weighted by molar-refractivity contribution is 5.95. The Labute approximate surface area is 295 Å². The summed E-state index contributed by atoms with van der Waals surface area (Å²) in [5.74, 6) is -0.893. The molecule has 0 radical (unpaired) electrons. The summed E-state index contributed by atoms with van der Waals surface area (Å²) in [4.78, 5) is 26.1. The van der Waals surface area contributed by atoms with Crippen molar-refractivity contribution in [2.45, 2.75) is 96.2 Å². The predicted octanol–water partition coefficient (Wildman–Crippen LogP) is 7.42. The van der Waals surface area contributed by atoms with Gasteiger partial charge in [0.25, 0.3) is 0 Å². The third kappa shape index (κ3) is 12.0. The van der Waals surface area contributed by atoms with E-state index in [4.69, 9.17) is 28.4 Å². The molecule has 0 saturated carbocycles. The summed E-state index contributed by atoms with van der Waals surface area (Å²) < 4.78 is 38.5. The highest BCUT2D eigenvalue weighted by atomic mass is 16.6. The van der Waals surface area contributed by atoms with E-state index < -0.39 is 42.1 Å². The van der Waals surface area contributed by atoms with Crippen LogP contribution in [0.4, 0.5) is 0 Å². The fraction of sp³-hybridized carbons (Fsp3) is 0.381. The minimum Gasteiger partial charge on any atom is -0.460 e. The van der Waals surface area contributed by atoms with E-state index in [1.807, 2.05) is 121 Å². The maximum Gasteiger partial charge on any atom is 0.313 e. The topological polar surface area (TPSA) is 89.5 Å². The van der Waals surface area contributed by atoms with Crippen LogP contribution in [0.1, 0.15) is 55.9 Å². The molecule has 4 aromatic carbocycles. The molecule has 264 valence electrons. The molecule has 1 saturated heterocycles. The minimum absolute atomic E-state index is 0.0789. The fourth-order valence-electron chi connectivity index (χ4n) is 5.88. The van der Waals surface area contributed by atoms with Gasteiger partial charge in [-0.05, 0) is 43.0 Å². The molecule has 0 bridgehead atoms. The third-order valence-electron chi connectivity index (χ3n) is 8.17. The van der Waals surface area contributed by atoms with Crippen molar-refractivity contribution in [3.8, 4) is 0 Å². The molecule has 0 aliphatic carbocycles. The average molecular weight is 681 g/mol. The molecule has 5 rings (SSSR count). The lowest BCUT2D eigenvalue weighted by Gasteiger charge is -2.46. The van der Waals surface area contributed by atoms with Crippen molar-refractivity contribution in [1.29, 1.82) is 0 Å². The predicted molar refractivity (Wildman–Crippen MR) is 190 cm³/mol. The molecule has 1 fully saturated rings. The van der Waals surface area contributed by atoms with Gasteiger partial charge < -0.3 is 28.4 Å². The van der Waals surface area contributed by atoms with Gasteiger partial charge in [0, 0.05) is 6.42 Å². The van der Waals surface area contributed by atoms with Gasteiger partial charge in [-0.2, -0.15) is 0 Å². The highest BCUT2D eigenvalue weighted by Crippen LogP contribution is 2.33. The Morgan fingerprint density at radius 1 is 0.560 bits per heavy atom.